The zero-order valence-electron chi connectivity index (χ0n) is 12.4. The van der Waals surface area contributed by atoms with Gasteiger partial charge in [-0.15, -0.1) is 0 Å². The minimum atomic E-state index is -0.629. The molecule has 0 unspecified atom stereocenters. The lowest BCUT2D eigenvalue weighted by molar-refractivity contribution is -0.142. The Morgan fingerprint density at radius 3 is 2.43 bits per heavy atom. The van der Waals surface area contributed by atoms with Crippen molar-refractivity contribution in [3.63, 3.8) is 0 Å². The predicted molar refractivity (Wildman–Crippen MR) is 82.2 cm³/mol. The van der Waals surface area contributed by atoms with Crippen LogP contribution in [0.1, 0.15) is 25.7 Å². The second-order valence-corrected chi connectivity index (χ2v) is 6.37. The summed E-state index contributed by atoms with van der Waals surface area (Å²) in [5.74, 6) is -2.43. The van der Waals surface area contributed by atoms with Crippen LogP contribution in [0, 0.1) is 17.7 Å². The quantitative estimate of drug-likeness (QED) is 0.861. The van der Waals surface area contributed by atoms with E-state index in [0.29, 0.717) is 12.8 Å². The Labute approximate surface area is 137 Å². The second kappa shape index (κ2) is 6.28. The number of halogens is 2. The van der Waals surface area contributed by atoms with Gasteiger partial charge >= 0.3 is 0 Å². The maximum absolute atomic E-state index is 13.6. The number of rotatable bonds is 3. The number of nitrogens with one attached hydrogen (secondary N) is 1. The lowest BCUT2D eigenvalue weighted by Crippen LogP contribution is -2.38. The third-order valence-corrected chi connectivity index (χ3v) is 4.67. The van der Waals surface area contributed by atoms with Gasteiger partial charge in [0.15, 0.2) is 0 Å². The van der Waals surface area contributed by atoms with E-state index in [4.69, 9.17) is 11.6 Å². The molecule has 1 aliphatic heterocycles. The Bertz CT molecular complexity index is 655. The van der Waals surface area contributed by atoms with Gasteiger partial charge in [-0.3, -0.25) is 19.3 Å². The molecule has 2 atom stereocenters. The number of hydrogen-bond donors (Lipinski definition) is 1. The molecule has 2 fully saturated rings. The van der Waals surface area contributed by atoms with Gasteiger partial charge in [0.25, 0.3) is 0 Å². The summed E-state index contributed by atoms with van der Waals surface area (Å²) in [5, 5.41) is 2.63. The van der Waals surface area contributed by atoms with Crippen molar-refractivity contribution >= 4 is 35.0 Å². The van der Waals surface area contributed by atoms with Gasteiger partial charge in [-0.25, -0.2) is 4.39 Å². The van der Waals surface area contributed by atoms with Gasteiger partial charge in [0.2, 0.25) is 17.7 Å². The number of carbonyl (C=O) groups excluding carboxylic acids is 3. The van der Waals surface area contributed by atoms with Crippen molar-refractivity contribution in [2.24, 2.45) is 11.8 Å². The lowest BCUT2D eigenvalue weighted by Gasteiger charge is -2.19. The third kappa shape index (κ3) is 3.08. The molecule has 3 rings (SSSR count). The zero-order valence-corrected chi connectivity index (χ0v) is 13.1. The van der Waals surface area contributed by atoms with E-state index in [1.807, 2.05) is 0 Å². The fourth-order valence-electron chi connectivity index (χ4n) is 3.31. The van der Waals surface area contributed by atoms with Crippen molar-refractivity contribution in [3.05, 3.63) is 29.0 Å². The van der Waals surface area contributed by atoms with Crippen molar-refractivity contribution in [2.75, 3.05) is 11.9 Å². The summed E-state index contributed by atoms with van der Waals surface area (Å²) in [6.45, 7) is -0.392. The zero-order chi connectivity index (χ0) is 16.6. The van der Waals surface area contributed by atoms with Gasteiger partial charge in [-0.2, -0.15) is 0 Å². The molecule has 1 saturated heterocycles. The molecule has 0 radical (unpaired) electrons. The summed E-state index contributed by atoms with van der Waals surface area (Å²) in [7, 11) is 0. The molecular formula is C16H16ClFN2O3. The Balaban J connectivity index is 1.69. The molecular weight excluding hydrogens is 323 g/mol. The number of nitrogens with zero attached hydrogens (tertiary/aromatic N) is 1. The van der Waals surface area contributed by atoms with Gasteiger partial charge < -0.3 is 5.32 Å². The first-order valence-corrected chi connectivity index (χ1v) is 7.95. The molecule has 0 spiro atoms. The number of hydrogen-bond acceptors (Lipinski definition) is 3. The third-order valence-electron chi connectivity index (χ3n) is 4.44. The Kier molecular flexibility index (Phi) is 4.35. The monoisotopic (exact) mass is 338 g/mol. The van der Waals surface area contributed by atoms with Crippen molar-refractivity contribution in [1.29, 1.82) is 0 Å². The summed E-state index contributed by atoms with van der Waals surface area (Å²) in [4.78, 5) is 37.6. The van der Waals surface area contributed by atoms with Crippen molar-refractivity contribution < 1.29 is 18.8 Å². The minimum Gasteiger partial charge on any atom is -0.322 e. The normalized spacial score (nSPS) is 23.8. The largest absolute Gasteiger partial charge is 0.322 e. The number of fused-ring (bicyclic) bond motifs is 1. The van der Waals surface area contributed by atoms with Crippen molar-refractivity contribution in [2.45, 2.75) is 25.7 Å². The van der Waals surface area contributed by atoms with Crippen LogP contribution in [0.2, 0.25) is 5.02 Å². The van der Waals surface area contributed by atoms with Crippen LogP contribution in [0.15, 0.2) is 18.2 Å². The summed E-state index contributed by atoms with van der Waals surface area (Å²) >= 11 is 5.76. The number of imide groups is 1. The van der Waals surface area contributed by atoms with E-state index >= 15 is 0 Å². The van der Waals surface area contributed by atoms with Crippen LogP contribution in [-0.2, 0) is 14.4 Å². The van der Waals surface area contributed by atoms with Crippen LogP contribution in [0.3, 0.4) is 0 Å². The van der Waals surface area contributed by atoms with Gasteiger partial charge in [0, 0.05) is 5.02 Å². The number of anilines is 1. The van der Waals surface area contributed by atoms with E-state index < -0.39 is 18.3 Å². The van der Waals surface area contributed by atoms with E-state index in [1.165, 1.54) is 12.1 Å². The molecule has 23 heavy (non-hydrogen) atoms. The SMILES string of the molecule is O=C(CN1C(=O)[C@H]2CCCC[C@H]2C1=O)Nc1cc(Cl)ccc1F. The molecule has 1 aromatic rings. The Morgan fingerprint density at radius 2 is 1.83 bits per heavy atom. The lowest BCUT2D eigenvalue weighted by atomic mass is 9.81. The van der Waals surface area contributed by atoms with Crippen molar-refractivity contribution in [1.82, 2.24) is 4.90 Å². The highest BCUT2D eigenvalue weighted by molar-refractivity contribution is 6.30. The molecule has 122 valence electrons. The topological polar surface area (TPSA) is 66.5 Å². The molecule has 1 saturated carbocycles. The molecule has 1 N–H and O–H groups in total. The predicted octanol–water partition coefficient (Wildman–Crippen LogP) is 2.59. The number of likely N-dealkylation sites (tertiary alicyclic amines) is 1. The maximum Gasteiger partial charge on any atom is 0.244 e. The fourth-order valence-corrected chi connectivity index (χ4v) is 3.49. The fraction of sp³-hybridized carbons (Fsp3) is 0.438. The van der Waals surface area contributed by atoms with Crippen LogP contribution in [0.5, 0.6) is 0 Å². The van der Waals surface area contributed by atoms with Crippen LogP contribution >= 0.6 is 11.6 Å². The first kappa shape index (κ1) is 15.9. The second-order valence-electron chi connectivity index (χ2n) is 5.93. The van der Waals surface area contributed by atoms with Gasteiger partial charge in [-0.1, -0.05) is 24.4 Å². The highest BCUT2D eigenvalue weighted by Crippen LogP contribution is 2.37. The van der Waals surface area contributed by atoms with Crippen LogP contribution in [-0.4, -0.2) is 29.2 Å². The van der Waals surface area contributed by atoms with Gasteiger partial charge in [-0.05, 0) is 31.0 Å². The first-order chi connectivity index (χ1) is 11.0. The molecule has 1 heterocycles. The van der Waals surface area contributed by atoms with E-state index in [2.05, 4.69) is 5.32 Å². The molecule has 1 aliphatic carbocycles. The van der Waals surface area contributed by atoms with Crippen molar-refractivity contribution in [3.8, 4) is 0 Å². The molecule has 0 bridgehead atoms. The minimum absolute atomic E-state index is 0.0704. The summed E-state index contributed by atoms with van der Waals surface area (Å²) in [6.07, 6.45) is 3.23. The highest BCUT2D eigenvalue weighted by atomic mass is 35.5. The van der Waals surface area contributed by atoms with E-state index in [0.717, 1.165) is 23.8 Å². The standard InChI is InChI=1S/C16H16ClFN2O3/c17-9-5-6-12(18)13(7-9)19-14(21)8-20-15(22)10-3-1-2-4-11(10)16(20)23/h5-7,10-11H,1-4,8H2,(H,19,21)/t10-,11+. The molecule has 0 aromatic heterocycles. The number of benzene rings is 1. The Hall–Kier alpha value is -1.95. The average molecular weight is 339 g/mol. The van der Waals surface area contributed by atoms with Gasteiger partial charge in [0.1, 0.15) is 12.4 Å². The average Bonchev–Trinajstić information content (AvgIpc) is 2.76. The molecule has 2 aliphatic rings. The van der Waals surface area contributed by atoms with E-state index in [-0.39, 0.29) is 34.4 Å². The van der Waals surface area contributed by atoms with Gasteiger partial charge in [0.05, 0.1) is 17.5 Å². The highest BCUT2D eigenvalue weighted by Gasteiger charge is 2.48. The van der Waals surface area contributed by atoms with Crippen LogP contribution < -0.4 is 5.32 Å². The molecule has 1 aromatic carbocycles. The van der Waals surface area contributed by atoms with E-state index in [1.54, 1.807) is 0 Å². The number of carbonyl (C=O) groups is 3. The van der Waals surface area contributed by atoms with Crippen LogP contribution in [0.4, 0.5) is 10.1 Å². The summed E-state index contributed by atoms with van der Waals surface area (Å²) < 4.78 is 13.6. The number of amides is 3. The molecule has 3 amide bonds. The summed E-state index contributed by atoms with van der Waals surface area (Å²) in [5.41, 5.74) is -0.0704. The maximum atomic E-state index is 13.6. The molecule has 7 heteroatoms. The summed E-state index contributed by atoms with van der Waals surface area (Å²) in [6, 6.07) is 3.78. The first-order valence-electron chi connectivity index (χ1n) is 7.57. The van der Waals surface area contributed by atoms with E-state index in [9.17, 15) is 18.8 Å². The smallest absolute Gasteiger partial charge is 0.244 e. The van der Waals surface area contributed by atoms with Crippen LogP contribution in [0.25, 0.3) is 0 Å². The Morgan fingerprint density at radius 1 is 1.22 bits per heavy atom. The molecule has 5 nitrogen and oxygen atoms in total.